The lowest BCUT2D eigenvalue weighted by molar-refractivity contribution is 1.36. The quantitative estimate of drug-likeness (QED) is 0.493. The molecule has 1 aromatic carbocycles. The van der Waals surface area contributed by atoms with Crippen LogP contribution in [0.4, 0.5) is 0 Å². The normalized spacial score (nSPS) is 11.5. The predicted octanol–water partition coefficient (Wildman–Crippen LogP) is 3.22. The molecule has 2 aliphatic rings. The Morgan fingerprint density at radius 1 is 1.00 bits per heavy atom. The molecule has 0 saturated heterocycles. The Hall–Kier alpha value is -2.42. The number of hydrogen-bond donors (Lipinski definition) is 1. The largest absolute Gasteiger partial charge is 0.360 e. The number of nitrogens with zero attached hydrogens (tertiary/aromatic N) is 2. The molecule has 0 amide bonds. The molecule has 3 nitrogen and oxygen atoms in total. The average molecular weight is 219 g/mol. The molecule has 2 aromatic rings. The lowest BCUT2D eigenvalue weighted by Gasteiger charge is -2.03. The second-order valence-corrected chi connectivity index (χ2v) is 4.10. The highest BCUT2D eigenvalue weighted by Gasteiger charge is 2.14. The third-order valence-corrected chi connectivity index (χ3v) is 3.13. The van der Waals surface area contributed by atoms with Crippen LogP contribution in [0.5, 0.6) is 0 Å². The number of aromatic amines is 1. The summed E-state index contributed by atoms with van der Waals surface area (Å²) in [6, 6.07) is 10.2. The molecule has 17 heavy (non-hydrogen) atoms. The van der Waals surface area contributed by atoms with Gasteiger partial charge in [0.25, 0.3) is 0 Å². The summed E-state index contributed by atoms with van der Waals surface area (Å²) in [5.41, 5.74) is 4.28. The van der Waals surface area contributed by atoms with Crippen molar-refractivity contribution >= 4 is 21.8 Å². The van der Waals surface area contributed by atoms with Crippen LogP contribution in [-0.2, 0) is 0 Å². The molecule has 0 bridgehead atoms. The van der Waals surface area contributed by atoms with E-state index in [2.05, 4.69) is 27.1 Å². The Kier molecular flexibility index (Phi) is 1.56. The van der Waals surface area contributed by atoms with E-state index < -0.39 is 0 Å². The third-order valence-electron chi connectivity index (χ3n) is 3.13. The first-order chi connectivity index (χ1) is 8.43. The van der Waals surface area contributed by atoms with Crippen LogP contribution >= 0.6 is 0 Å². The van der Waals surface area contributed by atoms with E-state index >= 15 is 0 Å². The van der Waals surface area contributed by atoms with Crippen molar-refractivity contribution in [3.8, 4) is 11.3 Å². The summed E-state index contributed by atoms with van der Waals surface area (Å²) >= 11 is 0. The van der Waals surface area contributed by atoms with E-state index in [1.807, 2.05) is 30.6 Å². The first-order valence-corrected chi connectivity index (χ1v) is 5.53. The maximum atomic E-state index is 4.68. The molecule has 1 aromatic heterocycles. The van der Waals surface area contributed by atoms with Gasteiger partial charge in [0.1, 0.15) is 0 Å². The highest BCUT2D eigenvalue weighted by atomic mass is 14.8. The molecule has 3 heteroatoms. The minimum atomic E-state index is 1.000. The lowest BCUT2D eigenvalue weighted by Crippen LogP contribution is -1.84. The Morgan fingerprint density at radius 3 is 2.94 bits per heavy atom. The van der Waals surface area contributed by atoms with Crippen molar-refractivity contribution in [2.24, 2.45) is 0 Å². The number of benzene rings is 1. The molecule has 0 atom stereocenters. The predicted molar refractivity (Wildman–Crippen MR) is 68.0 cm³/mol. The van der Waals surface area contributed by atoms with E-state index in [4.69, 9.17) is 0 Å². The first-order valence-electron chi connectivity index (χ1n) is 5.53. The smallest absolute Gasteiger partial charge is 0.0824 e. The lowest BCUT2D eigenvalue weighted by atomic mass is 10.1. The number of rotatable bonds is 0. The molecule has 4 rings (SSSR count). The summed E-state index contributed by atoms with van der Waals surface area (Å²) in [5.74, 6) is 0. The fourth-order valence-corrected chi connectivity index (χ4v) is 2.32. The van der Waals surface area contributed by atoms with Crippen molar-refractivity contribution in [1.29, 1.82) is 0 Å². The van der Waals surface area contributed by atoms with Gasteiger partial charge in [0.2, 0.25) is 0 Å². The van der Waals surface area contributed by atoms with Gasteiger partial charge in [-0.1, -0.05) is 18.2 Å². The molecule has 0 saturated carbocycles. The van der Waals surface area contributed by atoms with Gasteiger partial charge in [-0.15, -0.1) is 0 Å². The maximum Gasteiger partial charge on any atom is 0.0824 e. The number of pyridine rings is 2. The van der Waals surface area contributed by atoms with Crippen LogP contribution in [0.2, 0.25) is 0 Å². The highest BCUT2D eigenvalue weighted by Crippen LogP contribution is 2.34. The molecule has 0 radical (unpaired) electrons. The number of H-pyrrole nitrogens is 1. The molecule has 0 aliphatic carbocycles. The zero-order valence-electron chi connectivity index (χ0n) is 9.01. The zero-order valence-corrected chi connectivity index (χ0v) is 9.01. The van der Waals surface area contributed by atoms with Crippen molar-refractivity contribution < 1.29 is 0 Å². The molecule has 0 unspecified atom stereocenters. The van der Waals surface area contributed by atoms with E-state index in [0.29, 0.717) is 0 Å². The summed E-state index contributed by atoms with van der Waals surface area (Å²) in [6.07, 6.45) is 5.65. The molecular weight excluding hydrogens is 210 g/mol. The van der Waals surface area contributed by atoms with Gasteiger partial charge in [-0.25, -0.2) is 4.98 Å². The summed E-state index contributed by atoms with van der Waals surface area (Å²) in [6.45, 7) is 0. The van der Waals surface area contributed by atoms with Crippen LogP contribution in [0, 0.1) is 0 Å². The van der Waals surface area contributed by atoms with Crippen molar-refractivity contribution in [1.82, 2.24) is 15.0 Å². The van der Waals surface area contributed by atoms with E-state index in [0.717, 1.165) is 33.1 Å². The van der Waals surface area contributed by atoms with Crippen molar-refractivity contribution in [3.63, 3.8) is 0 Å². The van der Waals surface area contributed by atoms with E-state index in [1.165, 1.54) is 0 Å². The summed E-state index contributed by atoms with van der Waals surface area (Å²) in [7, 11) is 0. The summed E-state index contributed by atoms with van der Waals surface area (Å²) < 4.78 is 0. The minimum Gasteiger partial charge on any atom is -0.360 e. The molecule has 0 spiro atoms. The Labute approximate surface area is 97.5 Å². The van der Waals surface area contributed by atoms with Crippen molar-refractivity contribution in [2.75, 3.05) is 0 Å². The molecule has 3 heterocycles. The first kappa shape index (κ1) is 8.70. The topological polar surface area (TPSA) is 41.6 Å². The summed E-state index contributed by atoms with van der Waals surface area (Å²) in [4.78, 5) is 12.1. The van der Waals surface area contributed by atoms with Crippen LogP contribution in [0.1, 0.15) is 0 Å². The van der Waals surface area contributed by atoms with E-state index in [-0.39, 0.29) is 0 Å². The van der Waals surface area contributed by atoms with E-state index in [9.17, 15) is 0 Å². The van der Waals surface area contributed by atoms with Gasteiger partial charge in [0.15, 0.2) is 0 Å². The van der Waals surface area contributed by atoms with Crippen LogP contribution in [0.3, 0.4) is 0 Å². The van der Waals surface area contributed by atoms with Gasteiger partial charge < -0.3 is 4.98 Å². The van der Waals surface area contributed by atoms with Gasteiger partial charge in [0, 0.05) is 40.4 Å². The molecule has 2 aliphatic heterocycles. The standard InChI is InChI=1S/C14H9N3/c1-2-4-12-9(3-1)14-11(8-16-12)10-7-15-6-5-13(10)17-14/h1-8,16H. The minimum absolute atomic E-state index is 1.000. The summed E-state index contributed by atoms with van der Waals surface area (Å²) in [5, 5.41) is 2.26. The van der Waals surface area contributed by atoms with Gasteiger partial charge in [-0.05, 0) is 12.1 Å². The fraction of sp³-hybridized carbons (Fsp3) is 0. The van der Waals surface area contributed by atoms with Gasteiger partial charge >= 0.3 is 0 Å². The van der Waals surface area contributed by atoms with Crippen LogP contribution in [-0.4, -0.2) is 15.0 Å². The van der Waals surface area contributed by atoms with Gasteiger partial charge in [0.05, 0.1) is 11.2 Å². The number of hydrogen-bond acceptors (Lipinski definition) is 2. The zero-order chi connectivity index (χ0) is 11.2. The third kappa shape index (κ3) is 1.11. The Bertz CT molecular complexity index is 801. The van der Waals surface area contributed by atoms with Crippen LogP contribution in [0.15, 0.2) is 48.9 Å². The van der Waals surface area contributed by atoms with Crippen LogP contribution in [0.25, 0.3) is 33.1 Å². The molecule has 0 fully saturated rings. The molecule has 80 valence electrons. The molecule has 1 N–H and O–H groups in total. The maximum absolute atomic E-state index is 4.68. The average Bonchev–Trinajstić information content (AvgIpc) is 2.78. The van der Waals surface area contributed by atoms with Crippen molar-refractivity contribution in [3.05, 3.63) is 48.9 Å². The Morgan fingerprint density at radius 2 is 1.94 bits per heavy atom. The number of aromatic nitrogens is 3. The second-order valence-electron chi connectivity index (χ2n) is 4.10. The highest BCUT2D eigenvalue weighted by molar-refractivity contribution is 6.05. The number of para-hydroxylation sites is 1. The SMILES string of the molecule is c1ccc2c3nc4ccncc4c-3c[nH]c2c1. The van der Waals surface area contributed by atoms with Crippen LogP contribution < -0.4 is 0 Å². The van der Waals surface area contributed by atoms with Crippen molar-refractivity contribution in [2.45, 2.75) is 0 Å². The van der Waals surface area contributed by atoms with Gasteiger partial charge in [-0.2, -0.15) is 0 Å². The molecular formula is C14H9N3. The Balaban J connectivity index is 2.28. The second kappa shape index (κ2) is 3.04. The van der Waals surface area contributed by atoms with Gasteiger partial charge in [-0.3, -0.25) is 4.98 Å². The number of fused-ring (bicyclic) bond motifs is 5. The number of nitrogens with one attached hydrogen (secondary N) is 1. The monoisotopic (exact) mass is 219 g/mol. The van der Waals surface area contributed by atoms with E-state index in [1.54, 1.807) is 6.20 Å². The fourth-order valence-electron chi connectivity index (χ4n) is 2.32.